The minimum atomic E-state index is -0.625. The van der Waals surface area contributed by atoms with Crippen molar-refractivity contribution in [2.45, 2.75) is 26.3 Å². The Hall–Kier alpha value is -2.81. The van der Waals surface area contributed by atoms with Gasteiger partial charge < -0.3 is 9.64 Å². The van der Waals surface area contributed by atoms with Gasteiger partial charge in [0, 0.05) is 54.7 Å². The molecule has 2 amide bonds. The van der Waals surface area contributed by atoms with Crippen molar-refractivity contribution in [1.82, 2.24) is 14.8 Å². The zero-order valence-electron chi connectivity index (χ0n) is 20.7. The maximum absolute atomic E-state index is 14.8. The van der Waals surface area contributed by atoms with Gasteiger partial charge in [0.25, 0.3) is 5.91 Å². The molecule has 2 aliphatic rings. The molecular formula is C27H32ClFN4O3. The maximum atomic E-state index is 14.8. The fourth-order valence-corrected chi connectivity index (χ4v) is 4.79. The highest BCUT2D eigenvalue weighted by Crippen LogP contribution is 2.35. The van der Waals surface area contributed by atoms with E-state index < -0.39 is 11.9 Å². The molecule has 0 aromatic heterocycles. The normalized spacial score (nSPS) is 18.4. The summed E-state index contributed by atoms with van der Waals surface area (Å²) in [6.07, 6.45) is 0.322. The average Bonchev–Trinajstić information content (AvgIpc) is 3.32. The SMILES string of the molecule is CC(C)C(=O)N(CCN1CCOCC1)CC(=O)N1N=C(c2ccccc2Cl)C[C@@H]1c1ccccc1F. The standard InChI is InChI=1S/C27H32ClFN4O3/c1-19(2)27(35)32(12-11-31-13-15-36-16-14-31)18-26(34)33-25(21-8-4-6-10-23(21)29)17-24(30-33)20-7-3-5-9-22(20)28/h3-10,19,25H,11-18H2,1-2H3/t25-/m1/s1. The minimum Gasteiger partial charge on any atom is -0.379 e. The van der Waals surface area contributed by atoms with Gasteiger partial charge in [0.2, 0.25) is 5.91 Å². The summed E-state index contributed by atoms with van der Waals surface area (Å²) < 4.78 is 20.2. The number of hydrogen-bond donors (Lipinski definition) is 0. The van der Waals surface area contributed by atoms with Crippen LogP contribution >= 0.6 is 11.6 Å². The lowest BCUT2D eigenvalue weighted by Crippen LogP contribution is -2.47. The Bertz CT molecular complexity index is 1120. The molecule has 0 N–H and O–H groups in total. The van der Waals surface area contributed by atoms with Crippen molar-refractivity contribution in [2.75, 3.05) is 45.9 Å². The van der Waals surface area contributed by atoms with E-state index in [1.54, 1.807) is 29.2 Å². The lowest BCUT2D eigenvalue weighted by molar-refractivity contribution is -0.143. The van der Waals surface area contributed by atoms with Crippen LogP contribution in [0, 0.1) is 11.7 Å². The van der Waals surface area contributed by atoms with Crippen LogP contribution in [0.4, 0.5) is 4.39 Å². The summed E-state index contributed by atoms with van der Waals surface area (Å²) in [5.41, 5.74) is 1.70. The number of rotatable bonds is 8. The molecule has 9 heteroatoms. The van der Waals surface area contributed by atoms with E-state index in [-0.39, 0.29) is 24.3 Å². The summed E-state index contributed by atoms with van der Waals surface area (Å²) in [4.78, 5) is 30.4. The predicted octanol–water partition coefficient (Wildman–Crippen LogP) is 3.97. The van der Waals surface area contributed by atoms with E-state index in [4.69, 9.17) is 16.3 Å². The van der Waals surface area contributed by atoms with Crippen LogP contribution in [-0.2, 0) is 14.3 Å². The Kier molecular flexibility index (Phi) is 8.72. The maximum Gasteiger partial charge on any atom is 0.262 e. The summed E-state index contributed by atoms with van der Waals surface area (Å²) in [5.74, 6) is -1.13. The van der Waals surface area contributed by atoms with Gasteiger partial charge in [-0.25, -0.2) is 9.40 Å². The molecule has 192 valence electrons. The number of halogens is 2. The largest absolute Gasteiger partial charge is 0.379 e. The number of carbonyl (C=O) groups excluding carboxylic acids is 2. The van der Waals surface area contributed by atoms with E-state index in [2.05, 4.69) is 10.0 Å². The molecule has 1 atom stereocenters. The van der Waals surface area contributed by atoms with Crippen molar-refractivity contribution in [3.8, 4) is 0 Å². The van der Waals surface area contributed by atoms with Crippen molar-refractivity contribution in [3.05, 3.63) is 70.5 Å². The van der Waals surface area contributed by atoms with Crippen LogP contribution in [0.15, 0.2) is 53.6 Å². The van der Waals surface area contributed by atoms with E-state index in [0.717, 1.165) is 13.1 Å². The molecule has 0 radical (unpaired) electrons. The quantitative estimate of drug-likeness (QED) is 0.534. The molecule has 2 aromatic carbocycles. The molecular weight excluding hydrogens is 483 g/mol. The second-order valence-electron chi connectivity index (χ2n) is 9.37. The first-order valence-corrected chi connectivity index (χ1v) is 12.7. The molecule has 0 bridgehead atoms. The molecule has 0 aliphatic carbocycles. The summed E-state index contributed by atoms with van der Waals surface area (Å²) in [7, 11) is 0. The number of hydrazone groups is 1. The van der Waals surface area contributed by atoms with Gasteiger partial charge in [-0.2, -0.15) is 5.10 Å². The van der Waals surface area contributed by atoms with Crippen molar-refractivity contribution in [1.29, 1.82) is 0 Å². The molecule has 0 unspecified atom stereocenters. The third-order valence-electron chi connectivity index (χ3n) is 6.54. The van der Waals surface area contributed by atoms with E-state index in [1.165, 1.54) is 11.1 Å². The second kappa shape index (κ2) is 12.0. The molecule has 2 aliphatic heterocycles. The van der Waals surface area contributed by atoms with Crippen LogP contribution in [0.25, 0.3) is 0 Å². The van der Waals surface area contributed by atoms with Crippen molar-refractivity contribution >= 4 is 29.1 Å². The number of morpholine rings is 1. The molecule has 1 fully saturated rings. The first-order valence-electron chi connectivity index (χ1n) is 12.3. The number of amides is 2. The smallest absolute Gasteiger partial charge is 0.262 e. The molecule has 2 heterocycles. The number of carbonyl (C=O) groups is 2. The Morgan fingerprint density at radius 1 is 1.14 bits per heavy atom. The van der Waals surface area contributed by atoms with Gasteiger partial charge in [0.15, 0.2) is 0 Å². The highest BCUT2D eigenvalue weighted by atomic mass is 35.5. The van der Waals surface area contributed by atoms with Gasteiger partial charge in [-0.3, -0.25) is 14.5 Å². The zero-order valence-corrected chi connectivity index (χ0v) is 21.5. The number of nitrogens with zero attached hydrogens (tertiary/aromatic N) is 4. The van der Waals surface area contributed by atoms with Crippen LogP contribution in [0.1, 0.15) is 37.4 Å². The number of hydrogen-bond acceptors (Lipinski definition) is 5. The van der Waals surface area contributed by atoms with Crippen LogP contribution in [0.3, 0.4) is 0 Å². The van der Waals surface area contributed by atoms with Gasteiger partial charge in [0.05, 0.1) is 25.0 Å². The molecule has 2 aromatic rings. The lowest BCUT2D eigenvalue weighted by atomic mass is 9.98. The number of benzene rings is 2. The van der Waals surface area contributed by atoms with Crippen molar-refractivity contribution in [3.63, 3.8) is 0 Å². The molecule has 1 saturated heterocycles. The Morgan fingerprint density at radius 2 is 1.83 bits per heavy atom. The van der Waals surface area contributed by atoms with Gasteiger partial charge in [-0.05, 0) is 12.1 Å². The fraction of sp³-hybridized carbons (Fsp3) is 0.444. The Labute approximate surface area is 216 Å². The summed E-state index contributed by atoms with van der Waals surface area (Å²) in [6.45, 7) is 7.49. The first kappa shape index (κ1) is 26.3. The lowest BCUT2D eigenvalue weighted by Gasteiger charge is -2.31. The second-order valence-corrected chi connectivity index (χ2v) is 9.78. The van der Waals surface area contributed by atoms with Gasteiger partial charge in [-0.1, -0.05) is 61.8 Å². The average molecular weight is 515 g/mol. The summed E-state index contributed by atoms with van der Waals surface area (Å²) in [5, 5.41) is 6.45. The van der Waals surface area contributed by atoms with Crippen LogP contribution in [-0.4, -0.2) is 78.3 Å². The topological polar surface area (TPSA) is 65.5 Å². The van der Waals surface area contributed by atoms with Crippen LogP contribution < -0.4 is 0 Å². The predicted molar refractivity (Wildman–Crippen MR) is 137 cm³/mol. The molecule has 0 saturated carbocycles. The van der Waals surface area contributed by atoms with Crippen molar-refractivity contribution < 1.29 is 18.7 Å². The van der Waals surface area contributed by atoms with E-state index >= 15 is 0 Å². The fourth-order valence-electron chi connectivity index (χ4n) is 4.54. The molecule has 7 nitrogen and oxygen atoms in total. The molecule has 4 rings (SSSR count). The van der Waals surface area contributed by atoms with Gasteiger partial charge >= 0.3 is 0 Å². The third-order valence-corrected chi connectivity index (χ3v) is 6.87. The van der Waals surface area contributed by atoms with Gasteiger partial charge in [-0.15, -0.1) is 0 Å². The van der Waals surface area contributed by atoms with Crippen molar-refractivity contribution in [2.24, 2.45) is 11.0 Å². The van der Waals surface area contributed by atoms with Crippen LogP contribution in [0.5, 0.6) is 0 Å². The Balaban J connectivity index is 1.58. The summed E-state index contributed by atoms with van der Waals surface area (Å²) >= 11 is 6.41. The monoisotopic (exact) mass is 514 g/mol. The third kappa shape index (κ3) is 6.11. The highest BCUT2D eigenvalue weighted by Gasteiger charge is 2.36. The first-order chi connectivity index (χ1) is 17.3. The molecule has 0 spiro atoms. The van der Waals surface area contributed by atoms with E-state index in [0.29, 0.717) is 54.6 Å². The molecule has 36 heavy (non-hydrogen) atoms. The zero-order chi connectivity index (χ0) is 25.7. The van der Waals surface area contributed by atoms with E-state index in [9.17, 15) is 14.0 Å². The van der Waals surface area contributed by atoms with Crippen LogP contribution in [0.2, 0.25) is 5.02 Å². The summed E-state index contributed by atoms with van der Waals surface area (Å²) in [6, 6.07) is 13.0. The number of ether oxygens (including phenoxy) is 1. The highest BCUT2D eigenvalue weighted by molar-refractivity contribution is 6.34. The Morgan fingerprint density at radius 3 is 2.53 bits per heavy atom. The minimum absolute atomic E-state index is 0.103. The van der Waals surface area contributed by atoms with Gasteiger partial charge in [0.1, 0.15) is 12.4 Å². The van der Waals surface area contributed by atoms with E-state index in [1.807, 2.05) is 32.0 Å².